The Morgan fingerprint density at radius 1 is 1.03 bits per heavy atom. The van der Waals surface area contributed by atoms with Crippen LogP contribution in [0.1, 0.15) is 68.3 Å². The molecule has 186 valence electrons. The maximum Gasteiger partial charge on any atom is 0.271 e. The predicted molar refractivity (Wildman–Crippen MR) is 145 cm³/mol. The van der Waals surface area contributed by atoms with Crippen LogP contribution in [0.25, 0.3) is 10.4 Å². The highest BCUT2D eigenvalue weighted by Crippen LogP contribution is 2.33. The average molecular weight is 511 g/mol. The van der Waals surface area contributed by atoms with Crippen LogP contribution in [-0.2, 0) is 16.6 Å². The smallest absolute Gasteiger partial charge is 0.271 e. The van der Waals surface area contributed by atoms with Gasteiger partial charge in [-0.3, -0.25) is 9.52 Å². The molecule has 1 aliphatic carbocycles. The minimum atomic E-state index is -3.74. The summed E-state index contributed by atoms with van der Waals surface area (Å²) in [4.78, 5) is 12.5. The Morgan fingerprint density at radius 2 is 1.80 bits per heavy atom. The minimum Gasteiger partial charge on any atom is -0.310 e. The van der Waals surface area contributed by atoms with Crippen molar-refractivity contribution in [1.29, 1.82) is 0 Å². The highest BCUT2D eigenvalue weighted by molar-refractivity contribution is 7.94. The molecule has 0 bridgehead atoms. The molecule has 1 aliphatic rings. The number of thiophene rings is 1. The van der Waals surface area contributed by atoms with Crippen molar-refractivity contribution >= 4 is 32.8 Å². The van der Waals surface area contributed by atoms with Crippen LogP contribution < -0.4 is 10.0 Å². The van der Waals surface area contributed by atoms with Gasteiger partial charge in [-0.25, -0.2) is 8.42 Å². The van der Waals surface area contributed by atoms with Crippen molar-refractivity contribution in [2.45, 2.75) is 69.2 Å². The number of sulfonamides is 1. The van der Waals surface area contributed by atoms with Crippen molar-refractivity contribution in [2.75, 3.05) is 4.72 Å². The van der Waals surface area contributed by atoms with E-state index in [9.17, 15) is 13.2 Å². The largest absolute Gasteiger partial charge is 0.310 e. The van der Waals surface area contributed by atoms with Gasteiger partial charge >= 0.3 is 0 Å². The fraction of sp³-hybridized carbons (Fsp3) is 0.393. The molecular formula is C28H34N2O3S2. The number of para-hydroxylation sites is 1. The molecule has 1 saturated carbocycles. The Bertz CT molecular complexity index is 1260. The highest BCUT2D eigenvalue weighted by atomic mass is 32.2. The first kappa shape index (κ1) is 25.6. The SMILES string of the molecule is CC(=O)c1cccc(-c2ccc(S(=O)(=O)Nc3ccccc3CN[C@@H](C)CC3CCCCC3)s2)c1. The number of rotatable bonds is 10. The summed E-state index contributed by atoms with van der Waals surface area (Å²) >= 11 is 1.20. The van der Waals surface area contributed by atoms with E-state index in [0.29, 0.717) is 23.8 Å². The number of nitrogens with one attached hydrogen (secondary N) is 2. The van der Waals surface area contributed by atoms with E-state index in [4.69, 9.17) is 0 Å². The number of ketones is 1. The lowest BCUT2D eigenvalue weighted by Crippen LogP contribution is -2.29. The maximum absolute atomic E-state index is 13.2. The number of hydrogen-bond donors (Lipinski definition) is 2. The van der Waals surface area contributed by atoms with E-state index in [2.05, 4.69) is 17.0 Å². The zero-order chi connectivity index (χ0) is 24.8. The van der Waals surface area contributed by atoms with Crippen molar-refractivity contribution in [3.05, 3.63) is 71.8 Å². The fourth-order valence-corrected chi connectivity index (χ4v) is 7.17. The second-order valence-corrected chi connectivity index (χ2v) is 12.5. The minimum absolute atomic E-state index is 0.0174. The number of benzene rings is 2. The molecule has 1 fully saturated rings. The van der Waals surface area contributed by atoms with Crippen molar-refractivity contribution in [2.24, 2.45) is 5.92 Å². The maximum atomic E-state index is 13.2. The summed E-state index contributed by atoms with van der Waals surface area (Å²) in [5, 5.41) is 3.59. The van der Waals surface area contributed by atoms with E-state index in [1.165, 1.54) is 50.4 Å². The van der Waals surface area contributed by atoms with E-state index in [-0.39, 0.29) is 9.99 Å². The van der Waals surface area contributed by atoms with E-state index in [1.807, 2.05) is 36.4 Å². The summed E-state index contributed by atoms with van der Waals surface area (Å²) in [6.07, 6.45) is 7.86. The lowest BCUT2D eigenvalue weighted by atomic mass is 9.85. The summed E-state index contributed by atoms with van der Waals surface area (Å²) in [7, 11) is -3.74. The summed E-state index contributed by atoms with van der Waals surface area (Å²) in [6.45, 7) is 4.35. The van der Waals surface area contributed by atoms with Crippen molar-refractivity contribution in [3.63, 3.8) is 0 Å². The summed E-state index contributed by atoms with van der Waals surface area (Å²) in [6, 6.07) is 18.6. The van der Waals surface area contributed by atoms with Crippen LogP contribution in [0.2, 0.25) is 0 Å². The Kier molecular flexibility index (Phi) is 8.42. The molecule has 1 atom stereocenters. The molecule has 5 nitrogen and oxygen atoms in total. The van der Waals surface area contributed by atoms with Crippen LogP contribution in [0.3, 0.4) is 0 Å². The standard InChI is InChI=1S/C28H34N2O3S2/c1-20(17-22-9-4-3-5-10-22)29-19-25-11-6-7-14-26(25)30-35(32,33)28-16-15-27(34-28)24-13-8-12-23(18-24)21(2)31/h6-8,11-16,18,20,22,29-30H,3-5,9-10,17,19H2,1-2H3/t20-/m0/s1. The molecule has 3 aromatic rings. The molecule has 35 heavy (non-hydrogen) atoms. The van der Waals surface area contributed by atoms with Crippen LogP contribution in [0.4, 0.5) is 5.69 Å². The third-order valence-electron chi connectivity index (χ3n) is 6.71. The summed E-state index contributed by atoms with van der Waals surface area (Å²) in [5.41, 5.74) is 2.97. The molecule has 4 rings (SSSR count). The van der Waals surface area contributed by atoms with Gasteiger partial charge in [-0.15, -0.1) is 11.3 Å². The van der Waals surface area contributed by atoms with Crippen molar-refractivity contribution < 1.29 is 13.2 Å². The first-order chi connectivity index (χ1) is 16.8. The van der Waals surface area contributed by atoms with Crippen LogP contribution in [-0.4, -0.2) is 20.2 Å². The fourth-order valence-electron chi connectivity index (χ4n) is 4.77. The lowest BCUT2D eigenvalue weighted by molar-refractivity contribution is 0.101. The Hall–Kier alpha value is -2.48. The van der Waals surface area contributed by atoms with Crippen molar-refractivity contribution in [3.8, 4) is 10.4 Å². The zero-order valence-corrected chi connectivity index (χ0v) is 22.1. The normalized spacial score (nSPS) is 15.6. The molecule has 0 radical (unpaired) electrons. The Labute approximate surface area is 213 Å². The number of Topliss-reactive ketones (excluding diaryl/α,β-unsaturated/α-hetero) is 1. The number of carbonyl (C=O) groups excluding carboxylic acids is 1. The van der Waals surface area contributed by atoms with E-state index in [1.54, 1.807) is 24.3 Å². The number of carbonyl (C=O) groups is 1. The van der Waals surface area contributed by atoms with Gasteiger partial charge in [0.15, 0.2) is 5.78 Å². The van der Waals surface area contributed by atoms with Crippen LogP contribution in [0.5, 0.6) is 0 Å². The van der Waals surface area contributed by atoms with Crippen LogP contribution in [0.15, 0.2) is 64.9 Å². The lowest BCUT2D eigenvalue weighted by Gasteiger charge is -2.25. The molecule has 1 heterocycles. The highest BCUT2D eigenvalue weighted by Gasteiger charge is 2.20. The molecule has 0 saturated heterocycles. The van der Waals surface area contributed by atoms with Crippen LogP contribution in [0, 0.1) is 5.92 Å². The second kappa shape index (κ2) is 11.5. The van der Waals surface area contributed by atoms with Gasteiger partial charge in [-0.1, -0.05) is 68.5 Å². The monoisotopic (exact) mass is 510 g/mol. The first-order valence-electron chi connectivity index (χ1n) is 12.4. The van der Waals surface area contributed by atoms with Gasteiger partial charge in [0, 0.05) is 23.0 Å². The third kappa shape index (κ3) is 6.81. The van der Waals surface area contributed by atoms with Gasteiger partial charge in [-0.2, -0.15) is 0 Å². The Morgan fingerprint density at radius 3 is 2.57 bits per heavy atom. The predicted octanol–water partition coefficient (Wildman–Crippen LogP) is 6.87. The quantitative estimate of drug-likeness (QED) is 0.292. The molecule has 0 spiro atoms. The van der Waals surface area contributed by atoms with E-state index >= 15 is 0 Å². The molecule has 7 heteroatoms. The summed E-state index contributed by atoms with van der Waals surface area (Å²) in [5.74, 6) is 0.778. The van der Waals surface area contributed by atoms with Gasteiger partial charge in [-0.05, 0) is 61.6 Å². The molecule has 2 aromatic carbocycles. The topological polar surface area (TPSA) is 75.3 Å². The third-order valence-corrected chi connectivity index (χ3v) is 9.71. The molecule has 0 unspecified atom stereocenters. The molecule has 2 N–H and O–H groups in total. The second-order valence-electron chi connectivity index (χ2n) is 9.54. The van der Waals surface area contributed by atoms with Gasteiger partial charge in [0.2, 0.25) is 0 Å². The molecular weight excluding hydrogens is 476 g/mol. The van der Waals surface area contributed by atoms with Gasteiger partial charge in [0.1, 0.15) is 4.21 Å². The molecule has 0 aliphatic heterocycles. The molecule has 0 amide bonds. The van der Waals surface area contributed by atoms with Gasteiger partial charge < -0.3 is 5.32 Å². The average Bonchev–Trinajstić information content (AvgIpc) is 3.36. The Balaban J connectivity index is 1.44. The van der Waals surface area contributed by atoms with Gasteiger partial charge in [0.25, 0.3) is 10.0 Å². The van der Waals surface area contributed by atoms with E-state index < -0.39 is 10.0 Å². The van der Waals surface area contributed by atoms with Crippen molar-refractivity contribution in [1.82, 2.24) is 5.32 Å². The first-order valence-corrected chi connectivity index (χ1v) is 14.7. The summed E-state index contributed by atoms with van der Waals surface area (Å²) < 4.78 is 29.4. The number of anilines is 1. The van der Waals surface area contributed by atoms with Gasteiger partial charge in [0.05, 0.1) is 5.69 Å². The van der Waals surface area contributed by atoms with E-state index in [0.717, 1.165) is 28.3 Å². The molecule has 1 aromatic heterocycles. The van der Waals surface area contributed by atoms with Crippen LogP contribution >= 0.6 is 11.3 Å². The zero-order valence-electron chi connectivity index (χ0n) is 20.4. The number of hydrogen-bond acceptors (Lipinski definition) is 5.